The minimum absolute atomic E-state index is 0.0166. The molecule has 8 nitrogen and oxygen atoms in total. The van der Waals surface area contributed by atoms with Crippen molar-refractivity contribution >= 4 is 11.7 Å². The molecule has 2 aliphatic rings. The second-order valence-electron chi connectivity index (χ2n) is 8.15. The van der Waals surface area contributed by atoms with Crippen LogP contribution in [-0.4, -0.2) is 50.8 Å². The third-order valence-electron chi connectivity index (χ3n) is 6.24. The molecule has 1 fully saturated rings. The van der Waals surface area contributed by atoms with Crippen LogP contribution >= 0.6 is 0 Å². The first kappa shape index (κ1) is 19.6. The summed E-state index contributed by atoms with van der Waals surface area (Å²) in [6.45, 7) is 1.97. The monoisotopic (exact) mass is 398 g/mol. The zero-order valence-electron chi connectivity index (χ0n) is 16.6. The standard InChI is InChI=1S/C21H26N4O4/c1-23-11-9-15(10-12-23)24-18-8-4-5-14(13-19(26)27)20(18)21(22-24)16-6-2-3-7-17(16)25(28)29/h2-3,6-7,14-15H,4-5,8-13H2,1H3,(H,26,27). The number of nitro groups is 1. The van der Waals surface area contributed by atoms with Crippen LogP contribution in [0.3, 0.4) is 0 Å². The van der Waals surface area contributed by atoms with E-state index in [9.17, 15) is 20.0 Å². The number of nitro benzene ring substituents is 1. The van der Waals surface area contributed by atoms with Crippen LogP contribution in [0, 0.1) is 10.1 Å². The van der Waals surface area contributed by atoms with Crippen molar-refractivity contribution in [3.05, 3.63) is 45.6 Å². The number of carbonyl (C=O) groups is 1. The number of carboxylic acid groups (broad SMARTS) is 1. The van der Waals surface area contributed by atoms with Crippen LogP contribution in [0.25, 0.3) is 11.3 Å². The molecular formula is C21H26N4O4. The lowest BCUT2D eigenvalue weighted by molar-refractivity contribution is -0.384. The molecule has 0 spiro atoms. The number of aromatic nitrogens is 2. The topological polar surface area (TPSA) is 102 Å². The second kappa shape index (κ2) is 7.94. The van der Waals surface area contributed by atoms with Crippen LogP contribution in [0.5, 0.6) is 0 Å². The number of para-hydroxylation sites is 1. The Morgan fingerprint density at radius 1 is 1.28 bits per heavy atom. The summed E-state index contributed by atoms with van der Waals surface area (Å²) in [6, 6.07) is 6.90. The Bertz CT molecular complexity index is 931. The van der Waals surface area contributed by atoms with E-state index < -0.39 is 5.97 Å². The molecule has 154 valence electrons. The molecule has 0 saturated carbocycles. The average Bonchev–Trinajstić information content (AvgIpc) is 3.09. The first-order valence-corrected chi connectivity index (χ1v) is 10.2. The first-order valence-electron chi connectivity index (χ1n) is 10.2. The van der Waals surface area contributed by atoms with Crippen molar-refractivity contribution < 1.29 is 14.8 Å². The summed E-state index contributed by atoms with van der Waals surface area (Å²) in [7, 11) is 2.11. The van der Waals surface area contributed by atoms with E-state index in [0.717, 1.165) is 56.5 Å². The predicted octanol–water partition coefficient (Wildman–Crippen LogP) is 3.62. The number of hydrogen-bond donors (Lipinski definition) is 1. The third kappa shape index (κ3) is 3.76. The first-order chi connectivity index (χ1) is 14.0. The quantitative estimate of drug-likeness (QED) is 0.610. The number of rotatable bonds is 5. The molecule has 1 aliphatic heterocycles. The summed E-state index contributed by atoms with van der Waals surface area (Å²) >= 11 is 0. The highest BCUT2D eigenvalue weighted by atomic mass is 16.6. The number of fused-ring (bicyclic) bond motifs is 1. The number of carboxylic acids is 1. The average molecular weight is 398 g/mol. The molecule has 1 unspecified atom stereocenters. The van der Waals surface area contributed by atoms with Crippen LogP contribution < -0.4 is 0 Å². The van der Waals surface area contributed by atoms with Gasteiger partial charge in [0, 0.05) is 17.3 Å². The van der Waals surface area contributed by atoms with Gasteiger partial charge in [0.25, 0.3) is 5.69 Å². The fourth-order valence-corrected chi connectivity index (χ4v) is 4.81. The summed E-state index contributed by atoms with van der Waals surface area (Å²) in [4.78, 5) is 25.1. The minimum Gasteiger partial charge on any atom is -0.481 e. The summed E-state index contributed by atoms with van der Waals surface area (Å²) in [5.41, 5.74) is 3.08. The number of piperidine rings is 1. The number of benzene rings is 1. The molecule has 1 saturated heterocycles. The van der Waals surface area contributed by atoms with Gasteiger partial charge in [0.05, 0.1) is 22.9 Å². The van der Waals surface area contributed by atoms with Gasteiger partial charge in [-0.2, -0.15) is 5.10 Å². The number of aliphatic carboxylic acids is 1. The Kier molecular flexibility index (Phi) is 5.36. The third-order valence-corrected chi connectivity index (χ3v) is 6.24. The fourth-order valence-electron chi connectivity index (χ4n) is 4.81. The minimum atomic E-state index is -0.844. The van der Waals surface area contributed by atoms with Crippen LogP contribution in [0.2, 0.25) is 0 Å². The maximum absolute atomic E-state index is 11.6. The van der Waals surface area contributed by atoms with Gasteiger partial charge in [-0.3, -0.25) is 19.6 Å². The summed E-state index contributed by atoms with van der Waals surface area (Å²) < 4.78 is 2.07. The number of nitrogens with zero attached hydrogens (tertiary/aromatic N) is 4. The molecule has 0 radical (unpaired) electrons. The lowest BCUT2D eigenvalue weighted by Gasteiger charge is -2.31. The van der Waals surface area contributed by atoms with Crippen molar-refractivity contribution in [2.45, 2.75) is 50.5 Å². The lowest BCUT2D eigenvalue weighted by atomic mass is 9.81. The van der Waals surface area contributed by atoms with Gasteiger partial charge in [0.1, 0.15) is 5.69 Å². The molecule has 4 rings (SSSR count). The highest BCUT2D eigenvalue weighted by Gasteiger charge is 2.34. The molecule has 8 heteroatoms. The van der Waals surface area contributed by atoms with Gasteiger partial charge in [-0.05, 0) is 64.2 Å². The Morgan fingerprint density at radius 3 is 2.69 bits per heavy atom. The number of hydrogen-bond acceptors (Lipinski definition) is 5. The van der Waals surface area contributed by atoms with Crippen molar-refractivity contribution in [1.82, 2.24) is 14.7 Å². The predicted molar refractivity (Wildman–Crippen MR) is 108 cm³/mol. The van der Waals surface area contributed by atoms with E-state index in [1.165, 1.54) is 6.07 Å². The van der Waals surface area contributed by atoms with Crippen LogP contribution in [-0.2, 0) is 11.2 Å². The zero-order chi connectivity index (χ0) is 20.5. The Morgan fingerprint density at radius 2 is 2.00 bits per heavy atom. The van der Waals surface area contributed by atoms with E-state index in [0.29, 0.717) is 11.3 Å². The van der Waals surface area contributed by atoms with Crippen molar-refractivity contribution in [3.8, 4) is 11.3 Å². The Hall–Kier alpha value is -2.74. The summed E-state index contributed by atoms with van der Waals surface area (Å²) in [6.07, 6.45) is 4.51. The van der Waals surface area contributed by atoms with Gasteiger partial charge < -0.3 is 10.0 Å². The highest BCUT2D eigenvalue weighted by molar-refractivity contribution is 5.76. The van der Waals surface area contributed by atoms with E-state index in [-0.39, 0.29) is 29.0 Å². The summed E-state index contributed by atoms with van der Waals surface area (Å²) in [5.74, 6) is -1.01. The summed E-state index contributed by atoms with van der Waals surface area (Å²) in [5, 5.41) is 26.0. The Labute approximate surface area is 169 Å². The van der Waals surface area contributed by atoms with E-state index in [1.54, 1.807) is 18.2 Å². The molecule has 1 aliphatic carbocycles. The van der Waals surface area contributed by atoms with Gasteiger partial charge in [0.15, 0.2) is 0 Å². The van der Waals surface area contributed by atoms with Crippen molar-refractivity contribution in [3.63, 3.8) is 0 Å². The van der Waals surface area contributed by atoms with E-state index in [2.05, 4.69) is 16.6 Å². The molecular weight excluding hydrogens is 372 g/mol. The SMILES string of the molecule is CN1CCC(n2nc(-c3ccccc3[N+](=O)[O-])c3c2CCCC3CC(=O)O)CC1. The molecule has 29 heavy (non-hydrogen) atoms. The van der Waals surface area contributed by atoms with Crippen molar-refractivity contribution in [2.24, 2.45) is 0 Å². The van der Waals surface area contributed by atoms with E-state index in [1.807, 2.05) is 0 Å². The van der Waals surface area contributed by atoms with Crippen LogP contribution in [0.1, 0.15) is 55.3 Å². The molecule has 2 aromatic rings. The van der Waals surface area contributed by atoms with E-state index in [4.69, 9.17) is 5.10 Å². The number of likely N-dealkylation sites (tertiary alicyclic amines) is 1. The molecule has 1 aromatic heterocycles. The smallest absolute Gasteiger partial charge is 0.303 e. The highest BCUT2D eigenvalue weighted by Crippen LogP contribution is 2.44. The maximum atomic E-state index is 11.6. The molecule has 0 amide bonds. The molecule has 1 aromatic carbocycles. The largest absolute Gasteiger partial charge is 0.481 e. The lowest BCUT2D eigenvalue weighted by Crippen LogP contribution is -2.32. The van der Waals surface area contributed by atoms with Gasteiger partial charge >= 0.3 is 5.97 Å². The Balaban J connectivity index is 1.86. The van der Waals surface area contributed by atoms with Gasteiger partial charge in [-0.15, -0.1) is 0 Å². The fraction of sp³-hybridized carbons (Fsp3) is 0.524. The maximum Gasteiger partial charge on any atom is 0.303 e. The zero-order valence-corrected chi connectivity index (χ0v) is 16.6. The van der Waals surface area contributed by atoms with Gasteiger partial charge in [-0.25, -0.2) is 0 Å². The second-order valence-corrected chi connectivity index (χ2v) is 8.15. The molecule has 1 N–H and O–H groups in total. The molecule has 1 atom stereocenters. The van der Waals surface area contributed by atoms with Gasteiger partial charge in [-0.1, -0.05) is 12.1 Å². The van der Waals surface area contributed by atoms with Crippen molar-refractivity contribution in [2.75, 3.05) is 20.1 Å². The molecule has 2 heterocycles. The molecule has 0 bridgehead atoms. The normalized spacial score (nSPS) is 20.4. The van der Waals surface area contributed by atoms with E-state index >= 15 is 0 Å². The van der Waals surface area contributed by atoms with Crippen molar-refractivity contribution in [1.29, 1.82) is 0 Å². The van der Waals surface area contributed by atoms with Gasteiger partial charge in [0.2, 0.25) is 0 Å². The van der Waals surface area contributed by atoms with Crippen LogP contribution in [0.4, 0.5) is 5.69 Å². The van der Waals surface area contributed by atoms with Crippen LogP contribution in [0.15, 0.2) is 24.3 Å².